The van der Waals surface area contributed by atoms with E-state index in [2.05, 4.69) is 35.8 Å². The van der Waals surface area contributed by atoms with Crippen molar-refractivity contribution in [3.05, 3.63) is 59.4 Å². The van der Waals surface area contributed by atoms with Crippen LogP contribution in [0.4, 0.5) is 0 Å². The number of aromatic nitrogens is 7. The van der Waals surface area contributed by atoms with Gasteiger partial charge in [-0.25, -0.2) is 0 Å². The number of aliphatic hydroxyl groups is 1. The topological polar surface area (TPSA) is 133 Å². The van der Waals surface area contributed by atoms with Crippen molar-refractivity contribution in [1.82, 2.24) is 35.8 Å². The average molecular weight is 297 g/mol. The van der Waals surface area contributed by atoms with Crippen LogP contribution in [0.5, 0.6) is 0 Å². The van der Waals surface area contributed by atoms with E-state index in [1.165, 1.54) is 0 Å². The Hall–Kier alpha value is -3.36. The number of ketones is 1. The molecule has 0 fully saturated rings. The second kappa shape index (κ2) is 5.95. The number of nitrogens with zero attached hydrogens (tertiary/aromatic N) is 5. The maximum atomic E-state index is 12.0. The summed E-state index contributed by atoms with van der Waals surface area (Å²) < 4.78 is 0. The largest absolute Gasteiger partial charge is 0.504 e. The lowest BCUT2D eigenvalue weighted by Crippen LogP contribution is -1.98. The molecule has 0 aliphatic heterocycles. The van der Waals surface area contributed by atoms with Gasteiger partial charge in [-0.05, 0) is 23.4 Å². The van der Waals surface area contributed by atoms with Crippen LogP contribution in [-0.4, -0.2) is 46.7 Å². The van der Waals surface area contributed by atoms with Crippen LogP contribution in [-0.2, 0) is 6.42 Å². The minimum atomic E-state index is -0.443. The fourth-order valence-corrected chi connectivity index (χ4v) is 1.81. The van der Waals surface area contributed by atoms with Gasteiger partial charge in [0.05, 0.1) is 5.69 Å². The summed E-state index contributed by atoms with van der Waals surface area (Å²) in [5.74, 6) is -0.872. The summed E-state index contributed by atoms with van der Waals surface area (Å²) in [6.07, 6.45) is 3.20. The Bertz CT molecular complexity index is 793. The zero-order valence-electron chi connectivity index (χ0n) is 11.3. The molecule has 0 aliphatic rings. The maximum absolute atomic E-state index is 12.0. The first-order chi connectivity index (χ1) is 10.7. The number of hydrogen-bond acceptors (Lipinski definition) is 7. The van der Waals surface area contributed by atoms with Gasteiger partial charge in [0, 0.05) is 24.4 Å². The number of aliphatic hydroxyl groups excluding tert-OH is 1. The van der Waals surface area contributed by atoms with E-state index in [1.54, 1.807) is 12.3 Å². The lowest BCUT2D eigenvalue weighted by atomic mass is 10.2. The third-order valence-corrected chi connectivity index (χ3v) is 2.83. The maximum Gasteiger partial charge on any atom is 0.239 e. The molecular weight excluding hydrogens is 286 g/mol. The standard InChI is InChI=1S/C13H11N7O2/c21-11(7-12(22)13-17-19-20-18-13)10-6-9(15-16-10)5-8-3-1-2-4-14-8/h1-4,6-7,22H,5H2,(H,15,16)(H,17,18,19,20). The summed E-state index contributed by atoms with van der Waals surface area (Å²) in [5.41, 5.74) is 1.77. The number of allylic oxidation sites excluding steroid dienone is 1. The van der Waals surface area contributed by atoms with Crippen LogP contribution < -0.4 is 0 Å². The van der Waals surface area contributed by atoms with Crippen LogP contribution >= 0.6 is 0 Å². The van der Waals surface area contributed by atoms with Crippen LogP contribution in [0.15, 0.2) is 36.5 Å². The van der Waals surface area contributed by atoms with Gasteiger partial charge in [-0.2, -0.15) is 10.3 Å². The molecule has 0 aromatic carbocycles. The SMILES string of the molecule is O=C(C=C(O)c1nn[nH]n1)c1cc(Cc2ccccn2)n[nH]1. The average Bonchev–Trinajstić information content (AvgIpc) is 3.19. The van der Waals surface area contributed by atoms with Gasteiger partial charge >= 0.3 is 0 Å². The van der Waals surface area contributed by atoms with E-state index in [9.17, 15) is 9.90 Å². The Balaban J connectivity index is 1.73. The van der Waals surface area contributed by atoms with Crippen molar-refractivity contribution >= 4 is 11.5 Å². The summed E-state index contributed by atoms with van der Waals surface area (Å²) in [5, 5.41) is 29.0. The summed E-state index contributed by atoms with van der Waals surface area (Å²) >= 11 is 0. The van der Waals surface area contributed by atoms with Crippen molar-refractivity contribution in [2.45, 2.75) is 6.42 Å². The van der Waals surface area contributed by atoms with Gasteiger partial charge in [-0.3, -0.25) is 14.9 Å². The molecule has 110 valence electrons. The molecule has 0 bridgehead atoms. The normalized spacial score (nSPS) is 11.5. The highest BCUT2D eigenvalue weighted by Gasteiger charge is 2.12. The Labute approximate surface area is 124 Å². The number of hydrogen-bond donors (Lipinski definition) is 3. The van der Waals surface area contributed by atoms with Crippen molar-refractivity contribution in [1.29, 1.82) is 0 Å². The molecular formula is C13H11N7O2. The molecule has 9 heteroatoms. The fourth-order valence-electron chi connectivity index (χ4n) is 1.81. The van der Waals surface area contributed by atoms with Crippen LogP contribution in [0, 0.1) is 0 Å². The second-order valence-corrected chi connectivity index (χ2v) is 4.40. The number of tetrazole rings is 1. The van der Waals surface area contributed by atoms with E-state index < -0.39 is 5.78 Å². The van der Waals surface area contributed by atoms with E-state index in [1.807, 2.05) is 18.2 Å². The molecule has 0 amide bonds. The van der Waals surface area contributed by atoms with Crippen molar-refractivity contribution in [2.24, 2.45) is 0 Å². The quantitative estimate of drug-likeness (QED) is 0.358. The van der Waals surface area contributed by atoms with E-state index in [0.717, 1.165) is 11.8 Å². The van der Waals surface area contributed by atoms with Crippen LogP contribution in [0.3, 0.4) is 0 Å². The molecule has 22 heavy (non-hydrogen) atoms. The van der Waals surface area contributed by atoms with Crippen LogP contribution in [0.25, 0.3) is 5.76 Å². The Morgan fingerprint density at radius 2 is 2.18 bits per heavy atom. The van der Waals surface area contributed by atoms with E-state index in [4.69, 9.17) is 0 Å². The molecule has 3 rings (SSSR count). The van der Waals surface area contributed by atoms with Crippen molar-refractivity contribution in [3.8, 4) is 0 Å². The highest BCUT2D eigenvalue weighted by molar-refractivity contribution is 6.06. The van der Waals surface area contributed by atoms with E-state index in [0.29, 0.717) is 12.1 Å². The monoisotopic (exact) mass is 297 g/mol. The van der Waals surface area contributed by atoms with Gasteiger partial charge in [0.15, 0.2) is 5.76 Å². The first-order valence-electron chi connectivity index (χ1n) is 6.35. The first kappa shape index (κ1) is 13.6. The molecule has 0 saturated heterocycles. The molecule has 0 radical (unpaired) electrons. The molecule has 3 aromatic heterocycles. The fraction of sp³-hybridized carbons (Fsp3) is 0.0769. The summed E-state index contributed by atoms with van der Waals surface area (Å²) in [7, 11) is 0. The molecule has 0 unspecified atom stereocenters. The summed E-state index contributed by atoms with van der Waals surface area (Å²) in [4.78, 5) is 16.2. The number of nitrogens with one attached hydrogen (secondary N) is 2. The number of rotatable bonds is 5. The molecule has 3 aromatic rings. The Kier molecular flexibility index (Phi) is 3.69. The number of aromatic amines is 2. The van der Waals surface area contributed by atoms with Gasteiger partial charge in [-0.1, -0.05) is 6.07 Å². The smallest absolute Gasteiger partial charge is 0.239 e. The molecule has 3 heterocycles. The van der Waals surface area contributed by atoms with E-state index >= 15 is 0 Å². The molecule has 0 aliphatic carbocycles. The van der Waals surface area contributed by atoms with Crippen LogP contribution in [0.2, 0.25) is 0 Å². The predicted molar refractivity (Wildman–Crippen MR) is 74.7 cm³/mol. The van der Waals surface area contributed by atoms with Gasteiger partial charge in [0.1, 0.15) is 5.69 Å². The highest BCUT2D eigenvalue weighted by Crippen LogP contribution is 2.09. The van der Waals surface area contributed by atoms with Crippen molar-refractivity contribution in [2.75, 3.05) is 0 Å². The van der Waals surface area contributed by atoms with Gasteiger partial charge in [0.2, 0.25) is 11.6 Å². The van der Waals surface area contributed by atoms with E-state index in [-0.39, 0.29) is 17.3 Å². The van der Waals surface area contributed by atoms with Crippen molar-refractivity contribution in [3.63, 3.8) is 0 Å². The number of carbonyl (C=O) groups is 1. The number of H-pyrrole nitrogens is 2. The molecule has 3 N–H and O–H groups in total. The number of carbonyl (C=O) groups excluding carboxylic acids is 1. The highest BCUT2D eigenvalue weighted by atomic mass is 16.3. The minimum absolute atomic E-state index is 0.0541. The number of pyridine rings is 1. The summed E-state index contributed by atoms with van der Waals surface area (Å²) in [6.45, 7) is 0. The van der Waals surface area contributed by atoms with Gasteiger partial charge < -0.3 is 5.11 Å². The Morgan fingerprint density at radius 3 is 2.91 bits per heavy atom. The zero-order chi connectivity index (χ0) is 15.4. The zero-order valence-corrected chi connectivity index (χ0v) is 11.3. The molecule has 0 atom stereocenters. The third kappa shape index (κ3) is 3.03. The van der Waals surface area contributed by atoms with Crippen LogP contribution in [0.1, 0.15) is 27.7 Å². The minimum Gasteiger partial charge on any atom is -0.504 e. The third-order valence-electron chi connectivity index (χ3n) is 2.83. The Morgan fingerprint density at radius 1 is 1.27 bits per heavy atom. The van der Waals surface area contributed by atoms with Gasteiger partial charge in [0.25, 0.3) is 0 Å². The molecule has 0 saturated carbocycles. The van der Waals surface area contributed by atoms with Crippen molar-refractivity contribution < 1.29 is 9.90 Å². The second-order valence-electron chi connectivity index (χ2n) is 4.40. The lowest BCUT2D eigenvalue weighted by molar-refractivity contribution is 0.104. The summed E-state index contributed by atoms with van der Waals surface area (Å²) in [6, 6.07) is 7.19. The molecule has 0 spiro atoms. The molecule has 9 nitrogen and oxygen atoms in total. The lowest BCUT2D eigenvalue weighted by Gasteiger charge is -1.94. The van der Waals surface area contributed by atoms with Gasteiger partial charge in [-0.15, -0.1) is 10.2 Å². The first-order valence-corrected chi connectivity index (χ1v) is 6.35. The predicted octanol–water partition coefficient (Wildman–Crippen LogP) is 0.690.